The average Bonchev–Trinajstić information content (AvgIpc) is 3.34. The number of ether oxygens (including phenoxy) is 3. The molecular formula is C24H26ClN7O5S. The highest BCUT2D eigenvalue weighted by atomic mass is 35.5. The number of para-hydroxylation sites is 1. The Morgan fingerprint density at radius 3 is 2.29 bits per heavy atom. The first kappa shape index (κ1) is 27.2. The molecule has 14 heteroatoms. The molecule has 0 saturated carbocycles. The van der Waals surface area contributed by atoms with E-state index >= 15 is 0 Å². The van der Waals surface area contributed by atoms with Crippen molar-refractivity contribution in [2.24, 2.45) is 0 Å². The Balaban J connectivity index is 1.83. The Bertz CT molecular complexity index is 1460. The van der Waals surface area contributed by atoms with Gasteiger partial charge in [-0.25, -0.2) is 18.4 Å². The van der Waals surface area contributed by atoms with Gasteiger partial charge in [0.25, 0.3) is 0 Å². The Kier molecular flexibility index (Phi) is 8.39. The van der Waals surface area contributed by atoms with E-state index in [9.17, 15) is 8.42 Å². The highest BCUT2D eigenvalue weighted by Crippen LogP contribution is 2.38. The molecule has 4 aromatic rings. The number of anilines is 1. The fraction of sp³-hybridized carbons (Fsp3) is 0.292. The summed E-state index contributed by atoms with van der Waals surface area (Å²) >= 11 is 5.91. The number of aromatic nitrogens is 6. The van der Waals surface area contributed by atoms with Crippen molar-refractivity contribution < 1.29 is 22.6 Å². The number of nitrogens with one attached hydrogen (secondary N) is 1. The van der Waals surface area contributed by atoms with E-state index in [1.54, 1.807) is 49.6 Å². The highest BCUT2D eigenvalue weighted by molar-refractivity contribution is 7.93. The molecule has 4 rings (SSSR count). The second-order valence-corrected chi connectivity index (χ2v) is 10.4. The predicted octanol–water partition coefficient (Wildman–Crippen LogP) is 3.70. The van der Waals surface area contributed by atoms with Crippen molar-refractivity contribution in [1.82, 2.24) is 29.7 Å². The largest absolute Gasteiger partial charge is 0.494 e. The van der Waals surface area contributed by atoms with Crippen LogP contribution in [0.2, 0.25) is 5.02 Å². The summed E-state index contributed by atoms with van der Waals surface area (Å²) in [4.78, 5) is 12.5. The third-order valence-corrected chi connectivity index (χ3v) is 7.49. The number of benzene rings is 1. The lowest BCUT2D eigenvalue weighted by Gasteiger charge is -2.23. The lowest BCUT2D eigenvalue weighted by Crippen LogP contribution is -2.34. The van der Waals surface area contributed by atoms with Gasteiger partial charge in [0, 0.05) is 37.0 Å². The molecule has 2 unspecified atom stereocenters. The minimum atomic E-state index is -4.14. The fourth-order valence-corrected chi connectivity index (χ4v) is 4.94. The van der Waals surface area contributed by atoms with E-state index in [1.165, 1.54) is 38.1 Å². The van der Waals surface area contributed by atoms with Crippen LogP contribution >= 0.6 is 11.6 Å². The van der Waals surface area contributed by atoms with Gasteiger partial charge in [0.1, 0.15) is 28.5 Å². The average molecular weight is 560 g/mol. The number of rotatable bonds is 11. The second-order valence-electron chi connectivity index (χ2n) is 7.92. The molecule has 200 valence electrons. The molecule has 0 amide bonds. The van der Waals surface area contributed by atoms with Crippen LogP contribution in [0.3, 0.4) is 0 Å². The molecule has 0 aliphatic rings. The monoisotopic (exact) mass is 559 g/mol. The molecule has 0 fully saturated rings. The first-order valence-electron chi connectivity index (χ1n) is 11.5. The molecule has 3 aromatic heterocycles. The van der Waals surface area contributed by atoms with Gasteiger partial charge in [-0.15, -0.1) is 10.2 Å². The van der Waals surface area contributed by atoms with Gasteiger partial charge in [0.2, 0.25) is 16.0 Å². The van der Waals surface area contributed by atoms with Gasteiger partial charge in [0.15, 0.2) is 11.6 Å². The summed E-state index contributed by atoms with van der Waals surface area (Å²) in [6, 6.07) is 8.70. The van der Waals surface area contributed by atoms with Crippen molar-refractivity contribution in [2.75, 3.05) is 25.5 Å². The van der Waals surface area contributed by atoms with E-state index in [1.807, 2.05) is 0 Å². The Morgan fingerprint density at radius 1 is 1.03 bits per heavy atom. The Morgan fingerprint density at radius 2 is 1.71 bits per heavy atom. The summed E-state index contributed by atoms with van der Waals surface area (Å²) in [5.74, 6) is 1.21. The van der Waals surface area contributed by atoms with Crippen molar-refractivity contribution in [2.45, 2.75) is 25.2 Å². The summed E-state index contributed by atoms with van der Waals surface area (Å²) in [5, 5.41) is 7.63. The van der Waals surface area contributed by atoms with Crippen molar-refractivity contribution >= 4 is 27.6 Å². The standard InChI is InChI=1S/C24H26ClN7O5S/c1-5-37-21(22-27-13-17(25)14-28-22)15(2)38(33,34)31-24-30-29-23(16-8-7-11-26-12-16)32(24)20-18(35-3)9-6-10-19(20)36-4/h6-15,21H,5H2,1-4H3,(H,30,31). The summed E-state index contributed by atoms with van der Waals surface area (Å²) in [6.45, 7) is 3.48. The van der Waals surface area contributed by atoms with Gasteiger partial charge in [-0.2, -0.15) is 0 Å². The molecule has 0 aliphatic heterocycles. The molecule has 0 bridgehead atoms. The zero-order valence-corrected chi connectivity index (χ0v) is 22.6. The van der Waals surface area contributed by atoms with Gasteiger partial charge in [-0.1, -0.05) is 17.7 Å². The molecule has 0 aliphatic carbocycles. The zero-order valence-electron chi connectivity index (χ0n) is 21.1. The Labute approximate surface area is 225 Å². The van der Waals surface area contributed by atoms with Crippen LogP contribution in [-0.2, 0) is 14.8 Å². The fourth-order valence-electron chi connectivity index (χ4n) is 3.75. The van der Waals surface area contributed by atoms with Crippen LogP contribution in [0.4, 0.5) is 5.95 Å². The molecule has 2 atom stereocenters. The van der Waals surface area contributed by atoms with E-state index in [0.29, 0.717) is 33.6 Å². The quantitative estimate of drug-likeness (QED) is 0.289. The van der Waals surface area contributed by atoms with Crippen LogP contribution < -0.4 is 14.2 Å². The number of hydrogen-bond donors (Lipinski definition) is 1. The molecule has 1 aromatic carbocycles. The Hall–Kier alpha value is -3.81. The second kappa shape index (κ2) is 11.7. The summed E-state index contributed by atoms with van der Waals surface area (Å²) in [6.07, 6.45) is 4.99. The van der Waals surface area contributed by atoms with Crippen LogP contribution in [0.25, 0.3) is 17.1 Å². The third-order valence-electron chi connectivity index (χ3n) is 5.60. The van der Waals surface area contributed by atoms with Crippen molar-refractivity contribution in [3.05, 3.63) is 66.0 Å². The lowest BCUT2D eigenvalue weighted by atomic mass is 10.2. The van der Waals surface area contributed by atoms with Gasteiger partial charge in [0.05, 0.1) is 19.2 Å². The van der Waals surface area contributed by atoms with E-state index in [0.717, 1.165) is 0 Å². The number of nitrogens with zero attached hydrogens (tertiary/aromatic N) is 6. The van der Waals surface area contributed by atoms with Crippen LogP contribution in [0.5, 0.6) is 11.5 Å². The van der Waals surface area contributed by atoms with E-state index < -0.39 is 21.4 Å². The normalized spacial score (nSPS) is 13.1. The maximum Gasteiger partial charge on any atom is 0.243 e. The minimum absolute atomic E-state index is 0.0919. The zero-order chi connectivity index (χ0) is 27.3. The maximum absolute atomic E-state index is 13.7. The smallest absolute Gasteiger partial charge is 0.243 e. The summed E-state index contributed by atoms with van der Waals surface area (Å²) < 4.78 is 48.3. The van der Waals surface area contributed by atoms with Crippen LogP contribution in [0.15, 0.2) is 55.1 Å². The maximum atomic E-state index is 13.7. The first-order valence-corrected chi connectivity index (χ1v) is 13.4. The van der Waals surface area contributed by atoms with Crippen molar-refractivity contribution in [3.8, 4) is 28.6 Å². The van der Waals surface area contributed by atoms with Gasteiger partial charge < -0.3 is 14.2 Å². The number of hydrogen-bond acceptors (Lipinski definition) is 10. The molecule has 3 heterocycles. The highest BCUT2D eigenvalue weighted by Gasteiger charge is 2.35. The van der Waals surface area contributed by atoms with E-state index in [2.05, 4.69) is 29.9 Å². The predicted molar refractivity (Wildman–Crippen MR) is 141 cm³/mol. The summed E-state index contributed by atoms with van der Waals surface area (Å²) in [7, 11) is -1.15. The number of pyridine rings is 1. The molecule has 12 nitrogen and oxygen atoms in total. The van der Waals surface area contributed by atoms with Crippen LogP contribution in [0, 0.1) is 0 Å². The number of sulfonamides is 1. The van der Waals surface area contributed by atoms with Crippen LogP contribution in [-0.4, -0.2) is 64.2 Å². The van der Waals surface area contributed by atoms with Crippen molar-refractivity contribution in [1.29, 1.82) is 0 Å². The molecule has 1 N–H and O–H groups in total. The SMILES string of the molecule is CCOC(c1ncc(Cl)cn1)C(C)S(=O)(=O)Nc1nnc(-c2cccnc2)n1-c1c(OC)cccc1OC. The lowest BCUT2D eigenvalue weighted by molar-refractivity contribution is 0.0558. The topological polar surface area (TPSA) is 143 Å². The van der Waals surface area contributed by atoms with E-state index in [4.69, 9.17) is 25.8 Å². The van der Waals surface area contributed by atoms with Gasteiger partial charge >= 0.3 is 0 Å². The number of halogens is 1. The van der Waals surface area contributed by atoms with Crippen molar-refractivity contribution in [3.63, 3.8) is 0 Å². The number of methoxy groups -OCH3 is 2. The molecule has 38 heavy (non-hydrogen) atoms. The molecule has 0 saturated heterocycles. The van der Waals surface area contributed by atoms with E-state index in [-0.39, 0.29) is 18.4 Å². The van der Waals surface area contributed by atoms with Gasteiger partial charge in [-0.3, -0.25) is 14.3 Å². The summed E-state index contributed by atoms with van der Waals surface area (Å²) in [5.41, 5.74) is 0.988. The van der Waals surface area contributed by atoms with Crippen LogP contribution in [0.1, 0.15) is 25.8 Å². The molecule has 0 spiro atoms. The first-order chi connectivity index (χ1) is 18.3. The minimum Gasteiger partial charge on any atom is -0.494 e. The van der Waals surface area contributed by atoms with Gasteiger partial charge in [-0.05, 0) is 38.1 Å². The molecule has 0 radical (unpaired) electrons. The molecular weight excluding hydrogens is 534 g/mol. The third kappa shape index (κ3) is 5.54.